The van der Waals surface area contributed by atoms with Crippen molar-refractivity contribution in [3.63, 3.8) is 0 Å². The minimum Gasteiger partial charge on any atom is -0.490 e. The largest absolute Gasteiger partial charge is 0.490 e. The number of halogens is 1. The summed E-state index contributed by atoms with van der Waals surface area (Å²) < 4.78 is 33.4. The number of benzene rings is 2. The SMILES string of the molecule is Cc1ccc(C(=O)OCCOc2cccc(Cl)c2)cc1S(N)(=O)=O. The zero-order chi connectivity index (χ0) is 17.7. The summed E-state index contributed by atoms with van der Waals surface area (Å²) in [5.74, 6) is -0.0972. The van der Waals surface area contributed by atoms with Crippen molar-refractivity contribution < 1.29 is 22.7 Å². The monoisotopic (exact) mass is 369 g/mol. The van der Waals surface area contributed by atoms with Crippen LogP contribution < -0.4 is 9.88 Å². The number of hydrogen-bond donors (Lipinski definition) is 1. The van der Waals surface area contributed by atoms with Crippen molar-refractivity contribution in [3.8, 4) is 5.75 Å². The van der Waals surface area contributed by atoms with Crippen molar-refractivity contribution in [2.75, 3.05) is 13.2 Å². The van der Waals surface area contributed by atoms with Crippen LogP contribution in [-0.2, 0) is 14.8 Å². The summed E-state index contributed by atoms with van der Waals surface area (Å²) in [4.78, 5) is 11.9. The van der Waals surface area contributed by atoms with E-state index in [1.54, 1.807) is 31.2 Å². The van der Waals surface area contributed by atoms with E-state index in [9.17, 15) is 13.2 Å². The Labute approximate surface area is 145 Å². The van der Waals surface area contributed by atoms with Gasteiger partial charge in [0.1, 0.15) is 19.0 Å². The maximum Gasteiger partial charge on any atom is 0.338 e. The summed E-state index contributed by atoms with van der Waals surface area (Å²) >= 11 is 5.83. The van der Waals surface area contributed by atoms with Crippen LogP contribution in [0.2, 0.25) is 5.02 Å². The topological polar surface area (TPSA) is 95.7 Å². The Balaban J connectivity index is 1.93. The van der Waals surface area contributed by atoms with E-state index < -0.39 is 16.0 Å². The smallest absolute Gasteiger partial charge is 0.338 e. The molecule has 0 unspecified atom stereocenters. The number of hydrogen-bond acceptors (Lipinski definition) is 5. The molecule has 2 rings (SSSR count). The molecule has 0 bridgehead atoms. The molecule has 0 atom stereocenters. The van der Waals surface area contributed by atoms with Crippen molar-refractivity contribution in [2.45, 2.75) is 11.8 Å². The fourth-order valence-electron chi connectivity index (χ4n) is 1.97. The summed E-state index contributed by atoms with van der Waals surface area (Å²) in [5, 5.41) is 5.66. The minimum absolute atomic E-state index is 0.00390. The van der Waals surface area contributed by atoms with Crippen molar-refractivity contribution in [3.05, 3.63) is 58.6 Å². The Morgan fingerprint density at radius 1 is 1.17 bits per heavy atom. The molecule has 8 heteroatoms. The molecule has 2 N–H and O–H groups in total. The molecule has 0 aliphatic carbocycles. The maximum absolute atomic E-state index is 12.0. The second kappa shape index (κ2) is 7.65. The number of esters is 1. The van der Waals surface area contributed by atoms with E-state index in [1.165, 1.54) is 18.2 Å². The van der Waals surface area contributed by atoms with Gasteiger partial charge in [0.25, 0.3) is 0 Å². The average Bonchev–Trinajstić information content (AvgIpc) is 2.50. The molecule has 0 fully saturated rings. The first-order valence-corrected chi connectivity index (χ1v) is 8.89. The Bertz CT molecular complexity index is 851. The number of primary sulfonamides is 1. The van der Waals surface area contributed by atoms with Crippen LogP contribution in [0.15, 0.2) is 47.4 Å². The van der Waals surface area contributed by atoms with Crippen molar-refractivity contribution in [1.82, 2.24) is 0 Å². The zero-order valence-corrected chi connectivity index (χ0v) is 14.4. The van der Waals surface area contributed by atoms with Gasteiger partial charge in [-0.2, -0.15) is 0 Å². The van der Waals surface area contributed by atoms with Crippen LogP contribution in [0, 0.1) is 6.92 Å². The predicted octanol–water partition coefficient (Wildman–Crippen LogP) is 2.53. The summed E-state index contributed by atoms with van der Waals surface area (Å²) in [6.45, 7) is 1.73. The highest BCUT2D eigenvalue weighted by molar-refractivity contribution is 7.89. The highest BCUT2D eigenvalue weighted by atomic mass is 35.5. The third-order valence-electron chi connectivity index (χ3n) is 3.11. The molecule has 2 aromatic rings. The molecule has 0 aliphatic rings. The molecule has 0 radical (unpaired) electrons. The van der Waals surface area contributed by atoms with E-state index in [0.29, 0.717) is 16.3 Å². The number of carbonyl (C=O) groups is 1. The molecule has 128 valence electrons. The van der Waals surface area contributed by atoms with Crippen LogP contribution in [0.5, 0.6) is 5.75 Å². The molecule has 0 aliphatic heterocycles. The van der Waals surface area contributed by atoms with Gasteiger partial charge in [-0.3, -0.25) is 0 Å². The molecule has 0 saturated heterocycles. The lowest BCUT2D eigenvalue weighted by Crippen LogP contribution is -2.16. The van der Waals surface area contributed by atoms with Crippen LogP contribution in [-0.4, -0.2) is 27.6 Å². The van der Waals surface area contributed by atoms with Gasteiger partial charge in [0.05, 0.1) is 10.5 Å². The second-order valence-electron chi connectivity index (χ2n) is 4.97. The van der Waals surface area contributed by atoms with Crippen LogP contribution in [0.4, 0.5) is 0 Å². The zero-order valence-electron chi connectivity index (χ0n) is 12.9. The van der Waals surface area contributed by atoms with Gasteiger partial charge in [0, 0.05) is 5.02 Å². The fraction of sp³-hybridized carbons (Fsp3) is 0.188. The number of sulfonamides is 1. The summed E-state index contributed by atoms with van der Waals surface area (Å²) in [6.07, 6.45) is 0. The highest BCUT2D eigenvalue weighted by Gasteiger charge is 2.16. The Kier molecular flexibility index (Phi) is 5.82. The van der Waals surface area contributed by atoms with Gasteiger partial charge in [0.15, 0.2) is 0 Å². The Hall–Kier alpha value is -2.09. The van der Waals surface area contributed by atoms with Gasteiger partial charge in [0.2, 0.25) is 10.0 Å². The highest BCUT2D eigenvalue weighted by Crippen LogP contribution is 2.18. The third-order valence-corrected chi connectivity index (χ3v) is 4.40. The number of carbonyl (C=O) groups excluding carboxylic acids is 1. The molecule has 2 aromatic carbocycles. The van der Waals surface area contributed by atoms with Crippen LogP contribution in [0.3, 0.4) is 0 Å². The average molecular weight is 370 g/mol. The fourth-order valence-corrected chi connectivity index (χ4v) is 2.96. The van der Waals surface area contributed by atoms with Crippen LogP contribution in [0.25, 0.3) is 0 Å². The molecule has 0 aromatic heterocycles. The van der Waals surface area contributed by atoms with E-state index in [0.717, 1.165) is 0 Å². The van der Waals surface area contributed by atoms with Gasteiger partial charge in [-0.25, -0.2) is 18.4 Å². The van der Waals surface area contributed by atoms with Gasteiger partial charge in [-0.05, 0) is 42.8 Å². The molecular formula is C16H16ClNO5S. The van der Waals surface area contributed by atoms with E-state index in [4.69, 9.17) is 26.2 Å². The number of aryl methyl sites for hydroxylation is 1. The molecule has 6 nitrogen and oxygen atoms in total. The maximum atomic E-state index is 12.0. The molecule has 0 spiro atoms. The Morgan fingerprint density at radius 2 is 1.92 bits per heavy atom. The summed E-state index contributed by atoms with van der Waals surface area (Å²) in [6, 6.07) is 11.0. The quantitative estimate of drug-likeness (QED) is 0.623. The van der Waals surface area contributed by atoms with Crippen molar-refractivity contribution >= 4 is 27.6 Å². The van der Waals surface area contributed by atoms with E-state index in [1.807, 2.05) is 0 Å². The molecule has 0 amide bonds. The van der Waals surface area contributed by atoms with Crippen LogP contribution >= 0.6 is 11.6 Å². The van der Waals surface area contributed by atoms with E-state index >= 15 is 0 Å². The number of rotatable bonds is 6. The van der Waals surface area contributed by atoms with E-state index in [-0.39, 0.29) is 23.7 Å². The van der Waals surface area contributed by atoms with E-state index in [2.05, 4.69) is 0 Å². The Morgan fingerprint density at radius 3 is 2.58 bits per heavy atom. The van der Waals surface area contributed by atoms with Crippen LogP contribution in [0.1, 0.15) is 15.9 Å². The van der Waals surface area contributed by atoms with Gasteiger partial charge in [-0.1, -0.05) is 23.7 Å². The number of ether oxygens (including phenoxy) is 2. The molecule has 0 heterocycles. The lowest BCUT2D eigenvalue weighted by molar-refractivity contribution is 0.0450. The molecular weight excluding hydrogens is 354 g/mol. The van der Waals surface area contributed by atoms with Gasteiger partial charge < -0.3 is 9.47 Å². The summed E-state index contributed by atoms with van der Waals surface area (Å²) in [5.41, 5.74) is 0.561. The predicted molar refractivity (Wildman–Crippen MR) is 89.8 cm³/mol. The first-order valence-electron chi connectivity index (χ1n) is 6.96. The van der Waals surface area contributed by atoms with Crippen molar-refractivity contribution in [2.24, 2.45) is 5.14 Å². The van der Waals surface area contributed by atoms with Gasteiger partial charge in [-0.15, -0.1) is 0 Å². The molecule has 0 saturated carbocycles. The normalized spacial score (nSPS) is 11.1. The molecule has 24 heavy (non-hydrogen) atoms. The lowest BCUT2D eigenvalue weighted by atomic mass is 10.1. The van der Waals surface area contributed by atoms with Gasteiger partial charge >= 0.3 is 5.97 Å². The minimum atomic E-state index is -3.90. The second-order valence-corrected chi connectivity index (χ2v) is 6.93. The number of nitrogens with two attached hydrogens (primary N) is 1. The third kappa shape index (κ3) is 4.95. The first-order chi connectivity index (χ1) is 11.3. The lowest BCUT2D eigenvalue weighted by Gasteiger charge is -2.09. The summed E-state index contributed by atoms with van der Waals surface area (Å²) in [7, 11) is -3.90. The standard InChI is InChI=1S/C16H16ClNO5S/c1-11-5-6-12(9-15(11)24(18,20)21)16(19)23-8-7-22-14-4-2-3-13(17)10-14/h2-6,9-10H,7-8H2,1H3,(H2,18,20,21). The first kappa shape index (κ1) is 18.3. The van der Waals surface area contributed by atoms with Crippen molar-refractivity contribution in [1.29, 1.82) is 0 Å².